The first-order valence-corrected chi connectivity index (χ1v) is 9.94. The molecule has 0 aromatic heterocycles. The molecule has 2 aliphatic rings. The Hall–Kier alpha value is -2.30. The third kappa shape index (κ3) is 3.94. The van der Waals surface area contributed by atoms with Crippen molar-refractivity contribution in [2.45, 2.75) is 24.9 Å². The number of Topliss-reactive ketones (excluding diaryl/α,β-unsaturated/α-hetero) is 1. The van der Waals surface area contributed by atoms with Crippen LogP contribution in [0.5, 0.6) is 5.75 Å². The van der Waals surface area contributed by atoms with E-state index in [9.17, 15) is 9.59 Å². The lowest BCUT2D eigenvalue weighted by Crippen LogP contribution is -2.52. The number of fused-ring (bicyclic) bond motifs is 1. The topological polar surface area (TPSA) is 46.6 Å². The summed E-state index contributed by atoms with van der Waals surface area (Å²) in [6.45, 7) is 1.11. The van der Waals surface area contributed by atoms with Gasteiger partial charge in [-0.05, 0) is 42.0 Å². The minimum absolute atomic E-state index is 0.0425. The van der Waals surface area contributed by atoms with Crippen LogP contribution in [-0.4, -0.2) is 35.3 Å². The molecule has 2 heterocycles. The van der Waals surface area contributed by atoms with Gasteiger partial charge in [-0.3, -0.25) is 9.59 Å². The van der Waals surface area contributed by atoms with Crippen LogP contribution in [0, 0.1) is 0 Å². The summed E-state index contributed by atoms with van der Waals surface area (Å²) in [5.41, 5.74) is 0.930. The van der Waals surface area contributed by atoms with Crippen LogP contribution >= 0.6 is 23.2 Å². The maximum atomic E-state index is 12.6. The Labute approximate surface area is 173 Å². The summed E-state index contributed by atoms with van der Waals surface area (Å²) in [4.78, 5) is 26.9. The van der Waals surface area contributed by atoms with Gasteiger partial charge in [-0.25, -0.2) is 0 Å². The van der Waals surface area contributed by atoms with Crippen molar-refractivity contribution in [2.24, 2.45) is 0 Å². The normalized spacial score (nSPS) is 18.2. The second-order valence-electron chi connectivity index (χ2n) is 7.24. The molecule has 2 aromatic rings. The van der Waals surface area contributed by atoms with Crippen LogP contribution in [0.25, 0.3) is 6.08 Å². The van der Waals surface area contributed by atoms with Crippen LogP contribution in [0.2, 0.25) is 10.0 Å². The number of ketones is 1. The van der Waals surface area contributed by atoms with E-state index in [-0.39, 0.29) is 11.7 Å². The van der Waals surface area contributed by atoms with Crippen molar-refractivity contribution in [3.05, 3.63) is 69.7 Å². The third-order valence-electron chi connectivity index (χ3n) is 5.33. The van der Waals surface area contributed by atoms with Crippen LogP contribution in [0.4, 0.5) is 0 Å². The van der Waals surface area contributed by atoms with Crippen molar-refractivity contribution in [1.29, 1.82) is 0 Å². The Morgan fingerprint density at radius 2 is 1.71 bits per heavy atom. The van der Waals surface area contributed by atoms with E-state index in [1.54, 1.807) is 47.4 Å². The molecule has 0 atom stereocenters. The predicted molar refractivity (Wildman–Crippen MR) is 110 cm³/mol. The molecule has 0 bridgehead atoms. The highest BCUT2D eigenvalue weighted by Gasteiger charge is 2.43. The quantitative estimate of drug-likeness (QED) is 0.645. The molecular formula is C22H19Cl2NO3. The van der Waals surface area contributed by atoms with E-state index in [4.69, 9.17) is 27.9 Å². The van der Waals surface area contributed by atoms with Crippen LogP contribution in [0.3, 0.4) is 0 Å². The summed E-state index contributed by atoms with van der Waals surface area (Å²) >= 11 is 11.9. The van der Waals surface area contributed by atoms with Crippen LogP contribution < -0.4 is 4.74 Å². The van der Waals surface area contributed by atoms with Gasteiger partial charge in [-0.15, -0.1) is 0 Å². The Bertz CT molecular complexity index is 945. The average molecular weight is 416 g/mol. The Morgan fingerprint density at radius 3 is 2.43 bits per heavy atom. The lowest BCUT2D eigenvalue weighted by Gasteiger charge is -2.43. The predicted octanol–water partition coefficient (Wildman–Crippen LogP) is 5.03. The summed E-state index contributed by atoms with van der Waals surface area (Å²) in [5.74, 6) is 0.591. The van der Waals surface area contributed by atoms with Crippen molar-refractivity contribution >= 4 is 41.0 Å². The second-order valence-corrected chi connectivity index (χ2v) is 8.11. The van der Waals surface area contributed by atoms with E-state index in [1.165, 1.54) is 0 Å². The molecule has 0 saturated carbocycles. The Balaban J connectivity index is 1.40. The van der Waals surface area contributed by atoms with Gasteiger partial charge < -0.3 is 9.64 Å². The fraction of sp³-hybridized carbons (Fsp3) is 0.273. The molecule has 144 valence electrons. The lowest BCUT2D eigenvalue weighted by atomic mass is 9.82. The zero-order valence-electron chi connectivity index (χ0n) is 15.2. The summed E-state index contributed by atoms with van der Waals surface area (Å²) in [6, 6.07) is 12.4. The second kappa shape index (κ2) is 7.61. The fourth-order valence-electron chi connectivity index (χ4n) is 3.73. The van der Waals surface area contributed by atoms with Crippen LogP contribution in [-0.2, 0) is 4.79 Å². The highest BCUT2D eigenvalue weighted by molar-refractivity contribution is 6.31. The van der Waals surface area contributed by atoms with E-state index in [2.05, 4.69) is 0 Å². The maximum absolute atomic E-state index is 12.6. The first-order valence-electron chi connectivity index (χ1n) is 9.18. The third-order valence-corrected chi connectivity index (χ3v) is 5.81. The van der Waals surface area contributed by atoms with Crippen LogP contribution in [0.15, 0.2) is 48.5 Å². The van der Waals surface area contributed by atoms with Crippen molar-refractivity contribution in [3.8, 4) is 5.75 Å². The number of piperidine rings is 1. The van der Waals surface area contributed by atoms with E-state index < -0.39 is 5.60 Å². The first-order chi connectivity index (χ1) is 13.4. The number of amides is 1. The van der Waals surface area contributed by atoms with Gasteiger partial charge in [0.2, 0.25) is 5.91 Å². The van der Waals surface area contributed by atoms with Gasteiger partial charge in [0, 0.05) is 42.1 Å². The largest absolute Gasteiger partial charge is 0.486 e. The van der Waals surface area contributed by atoms with E-state index in [0.717, 1.165) is 5.56 Å². The summed E-state index contributed by atoms with van der Waals surface area (Å²) in [6.07, 6.45) is 4.93. The lowest BCUT2D eigenvalue weighted by molar-refractivity contribution is -0.129. The zero-order valence-corrected chi connectivity index (χ0v) is 16.7. The van der Waals surface area contributed by atoms with Crippen molar-refractivity contribution < 1.29 is 14.3 Å². The van der Waals surface area contributed by atoms with Gasteiger partial charge in [-0.1, -0.05) is 35.3 Å². The van der Waals surface area contributed by atoms with Gasteiger partial charge in [-0.2, -0.15) is 0 Å². The number of hydrogen-bond acceptors (Lipinski definition) is 3. The smallest absolute Gasteiger partial charge is 0.246 e. The summed E-state index contributed by atoms with van der Waals surface area (Å²) in [7, 11) is 0. The van der Waals surface area contributed by atoms with Gasteiger partial charge in [0.05, 0.1) is 12.0 Å². The minimum atomic E-state index is -0.533. The molecule has 1 amide bonds. The Kier molecular flexibility index (Phi) is 5.17. The standard InChI is InChI=1S/C22H19Cl2NO3/c23-16-4-1-15(2-5-16)3-8-21(27)25-11-9-22(10-12-25)14-19(26)18-13-17(24)6-7-20(18)28-22/h1-8,13H,9-12,14H2/b8-3+. The number of rotatable bonds is 2. The molecule has 4 rings (SSSR count). The number of carbonyl (C=O) groups is 2. The molecule has 0 radical (unpaired) electrons. The molecule has 1 fully saturated rings. The molecule has 2 aliphatic heterocycles. The molecule has 2 aromatic carbocycles. The fourth-order valence-corrected chi connectivity index (χ4v) is 4.02. The minimum Gasteiger partial charge on any atom is -0.486 e. The Morgan fingerprint density at radius 1 is 1.04 bits per heavy atom. The van der Waals surface area contributed by atoms with E-state index >= 15 is 0 Å². The first kappa shape index (κ1) is 19.0. The molecule has 28 heavy (non-hydrogen) atoms. The van der Waals surface area contributed by atoms with Gasteiger partial charge in [0.25, 0.3) is 0 Å². The number of nitrogens with zero attached hydrogens (tertiary/aromatic N) is 1. The molecule has 4 nitrogen and oxygen atoms in total. The zero-order chi connectivity index (χ0) is 19.7. The number of hydrogen-bond donors (Lipinski definition) is 0. The number of benzene rings is 2. The molecule has 0 unspecified atom stereocenters. The van der Waals surface area contributed by atoms with Gasteiger partial charge >= 0.3 is 0 Å². The average Bonchev–Trinajstić information content (AvgIpc) is 2.69. The highest BCUT2D eigenvalue weighted by atomic mass is 35.5. The molecule has 0 aliphatic carbocycles. The van der Waals surface area contributed by atoms with Crippen molar-refractivity contribution in [2.75, 3.05) is 13.1 Å². The maximum Gasteiger partial charge on any atom is 0.246 e. The molecule has 0 N–H and O–H groups in total. The van der Waals surface area contributed by atoms with E-state index in [0.29, 0.717) is 53.7 Å². The number of carbonyl (C=O) groups excluding carboxylic acids is 2. The van der Waals surface area contributed by atoms with Crippen molar-refractivity contribution in [3.63, 3.8) is 0 Å². The van der Waals surface area contributed by atoms with Gasteiger partial charge in [0.1, 0.15) is 11.4 Å². The van der Waals surface area contributed by atoms with Crippen LogP contribution in [0.1, 0.15) is 35.2 Å². The molecule has 6 heteroatoms. The monoisotopic (exact) mass is 415 g/mol. The van der Waals surface area contributed by atoms with Gasteiger partial charge in [0.15, 0.2) is 5.78 Å². The molecule has 1 saturated heterocycles. The van der Waals surface area contributed by atoms with Crippen molar-refractivity contribution in [1.82, 2.24) is 4.90 Å². The number of halogens is 2. The molecular weight excluding hydrogens is 397 g/mol. The number of ether oxygens (including phenoxy) is 1. The molecule has 1 spiro atoms. The van der Waals surface area contributed by atoms with E-state index in [1.807, 2.05) is 12.1 Å². The summed E-state index contributed by atoms with van der Waals surface area (Å²) < 4.78 is 6.21. The SMILES string of the molecule is O=C1CC2(CCN(C(=O)/C=C/c3ccc(Cl)cc3)CC2)Oc2ccc(Cl)cc21. The summed E-state index contributed by atoms with van der Waals surface area (Å²) in [5, 5.41) is 1.19. The number of likely N-dealkylation sites (tertiary alicyclic amines) is 1. The highest BCUT2D eigenvalue weighted by Crippen LogP contribution is 2.40.